The molecule has 0 aliphatic heterocycles. The van der Waals surface area contributed by atoms with Gasteiger partial charge in [-0.05, 0) is 30.2 Å². The fraction of sp³-hybridized carbons (Fsp3) is 0.118. The standard InChI is InChI=1S/C17H18O2/c1-4-14(2)13-17(19-15(3)18)12-8-11-16-9-6-5-7-10-16/h4-13H,1H2,2-3H3. The molecule has 0 unspecified atom stereocenters. The fourth-order valence-corrected chi connectivity index (χ4v) is 1.38. The van der Waals surface area contributed by atoms with Crippen LogP contribution in [-0.2, 0) is 9.53 Å². The Morgan fingerprint density at radius 2 is 1.89 bits per heavy atom. The number of ether oxygens (including phenoxy) is 1. The summed E-state index contributed by atoms with van der Waals surface area (Å²) in [6.07, 6.45) is 9.02. The quantitative estimate of drug-likeness (QED) is 0.445. The van der Waals surface area contributed by atoms with E-state index in [0.717, 1.165) is 11.1 Å². The highest BCUT2D eigenvalue weighted by Gasteiger charge is 1.97. The van der Waals surface area contributed by atoms with E-state index in [1.54, 1.807) is 18.2 Å². The summed E-state index contributed by atoms with van der Waals surface area (Å²) in [7, 11) is 0. The third kappa shape index (κ3) is 6.22. The summed E-state index contributed by atoms with van der Waals surface area (Å²) in [6.45, 7) is 6.94. The van der Waals surface area contributed by atoms with Crippen LogP contribution in [0, 0.1) is 0 Å². The Balaban J connectivity index is 2.85. The van der Waals surface area contributed by atoms with Crippen LogP contribution in [0.25, 0.3) is 6.08 Å². The monoisotopic (exact) mass is 254 g/mol. The lowest BCUT2D eigenvalue weighted by Crippen LogP contribution is -1.96. The van der Waals surface area contributed by atoms with Crippen molar-refractivity contribution in [1.82, 2.24) is 0 Å². The van der Waals surface area contributed by atoms with E-state index in [0.29, 0.717) is 5.76 Å². The average Bonchev–Trinajstić information content (AvgIpc) is 2.39. The largest absolute Gasteiger partial charge is 0.427 e. The molecule has 0 atom stereocenters. The molecular weight excluding hydrogens is 236 g/mol. The van der Waals surface area contributed by atoms with Crippen molar-refractivity contribution < 1.29 is 9.53 Å². The first-order valence-electron chi connectivity index (χ1n) is 6.04. The van der Waals surface area contributed by atoms with Gasteiger partial charge in [0.1, 0.15) is 5.76 Å². The molecule has 0 amide bonds. The number of benzene rings is 1. The van der Waals surface area contributed by atoms with Gasteiger partial charge in [0.05, 0.1) is 0 Å². The van der Waals surface area contributed by atoms with Crippen LogP contribution in [-0.4, -0.2) is 5.97 Å². The molecule has 0 aliphatic rings. The zero-order chi connectivity index (χ0) is 14.1. The molecule has 0 radical (unpaired) electrons. The van der Waals surface area contributed by atoms with Crippen LogP contribution in [0.2, 0.25) is 0 Å². The van der Waals surface area contributed by atoms with Gasteiger partial charge >= 0.3 is 5.97 Å². The second-order valence-corrected chi connectivity index (χ2v) is 4.02. The second kappa shape index (κ2) is 7.88. The molecule has 19 heavy (non-hydrogen) atoms. The van der Waals surface area contributed by atoms with Gasteiger partial charge in [0.2, 0.25) is 0 Å². The molecule has 0 bridgehead atoms. The summed E-state index contributed by atoms with van der Waals surface area (Å²) in [4.78, 5) is 11.0. The number of carbonyl (C=O) groups excluding carboxylic acids is 1. The zero-order valence-electron chi connectivity index (χ0n) is 11.3. The molecule has 0 saturated carbocycles. The van der Waals surface area contributed by atoms with Crippen molar-refractivity contribution in [3.63, 3.8) is 0 Å². The fourth-order valence-electron chi connectivity index (χ4n) is 1.38. The minimum absolute atomic E-state index is 0.340. The SMILES string of the molecule is C=CC(C)=CC(=CC=Cc1ccccc1)OC(C)=O. The number of hydrogen-bond acceptors (Lipinski definition) is 2. The molecule has 98 valence electrons. The Labute approximate surface area is 114 Å². The molecule has 2 nitrogen and oxygen atoms in total. The van der Waals surface area contributed by atoms with Gasteiger partial charge in [0.15, 0.2) is 0 Å². The normalized spacial score (nSPS) is 12.5. The Kier molecular flexibility index (Phi) is 6.10. The lowest BCUT2D eigenvalue weighted by Gasteiger charge is -2.01. The molecular formula is C17H18O2. The highest BCUT2D eigenvalue weighted by Crippen LogP contribution is 2.08. The second-order valence-electron chi connectivity index (χ2n) is 4.02. The van der Waals surface area contributed by atoms with Crippen LogP contribution >= 0.6 is 0 Å². The number of carbonyl (C=O) groups is 1. The van der Waals surface area contributed by atoms with E-state index < -0.39 is 0 Å². The van der Waals surface area contributed by atoms with Gasteiger partial charge in [-0.3, -0.25) is 4.79 Å². The summed E-state index contributed by atoms with van der Waals surface area (Å²) in [5.74, 6) is 0.157. The van der Waals surface area contributed by atoms with Crippen molar-refractivity contribution in [2.24, 2.45) is 0 Å². The van der Waals surface area contributed by atoms with Crippen molar-refractivity contribution in [2.45, 2.75) is 13.8 Å². The summed E-state index contributed by atoms with van der Waals surface area (Å²) in [5.41, 5.74) is 2.02. The van der Waals surface area contributed by atoms with Crippen LogP contribution in [0.15, 0.2) is 72.5 Å². The molecule has 1 rings (SSSR count). The third-order valence-electron chi connectivity index (χ3n) is 2.30. The maximum atomic E-state index is 11.0. The van der Waals surface area contributed by atoms with E-state index in [1.807, 2.05) is 49.4 Å². The van der Waals surface area contributed by atoms with Gasteiger partial charge in [-0.1, -0.05) is 55.1 Å². The summed E-state index contributed by atoms with van der Waals surface area (Å²) in [5, 5.41) is 0. The lowest BCUT2D eigenvalue weighted by molar-refractivity contribution is -0.136. The van der Waals surface area contributed by atoms with Crippen molar-refractivity contribution >= 4 is 12.0 Å². The topological polar surface area (TPSA) is 26.3 Å². The van der Waals surface area contributed by atoms with Gasteiger partial charge in [-0.2, -0.15) is 0 Å². The lowest BCUT2D eigenvalue weighted by atomic mass is 10.2. The maximum Gasteiger partial charge on any atom is 0.308 e. The molecule has 1 aromatic rings. The Morgan fingerprint density at radius 1 is 1.21 bits per heavy atom. The molecule has 0 aromatic heterocycles. The molecule has 0 saturated heterocycles. The first-order chi connectivity index (χ1) is 9.11. The average molecular weight is 254 g/mol. The number of rotatable bonds is 5. The highest BCUT2D eigenvalue weighted by molar-refractivity contribution is 5.68. The van der Waals surface area contributed by atoms with E-state index in [4.69, 9.17) is 4.74 Å². The van der Waals surface area contributed by atoms with Crippen LogP contribution in [0.5, 0.6) is 0 Å². The Hall–Kier alpha value is -2.35. The molecule has 0 fully saturated rings. The van der Waals surface area contributed by atoms with E-state index in [2.05, 4.69) is 6.58 Å². The zero-order valence-corrected chi connectivity index (χ0v) is 11.3. The van der Waals surface area contributed by atoms with Crippen LogP contribution in [0.3, 0.4) is 0 Å². The van der Waals surface area contributed by atoms with Crippen molar-refractivity contribution in [2.75, 3.05) is 0 Å². The van der Waals surface area contributed by atoms with Gasteiger partial charge in [-0.15, -0.1) is 0 Å². The van der Waals surface area contributed by atoms with Crippen LogP contribution in [0.4, 0.5) is 0 Å². The minimum atomic E-state index is -0.340. The summed E-state index contributed by atoms with van der Waals surface area (Å²) < 4.78 is 5.11. The summed E-state index contributed by atoms with van der Waals surface area (Å²) in [6, 6.07) is 9.91. The predicted molar refractivity (Wildman–Crippen MR) is 79.3 cm³/mol. The van der Waals surface area contributed by atoms with Gasteiger partial charge in [0, 0.05) is 6.92 Å². The van der Waals surface area contributed by atoms with E-state index >= 15 is 0 Å². The van der Waals surface area contributed by atoms with Gasteiger partial charge in [0.25, 0.3) is 0 Å². The van der Waals surface area contributed by atoms with Gasteiger partial charge < -0.3 is 4.74 Å². The molecule has 0 spiro atoms. The van der Waals surface area contributed by atoms with E-state index in [9.17, 15) is 4.79 Å². The van der Waals surface area contributed by atoms with Gasteiger partial charge in [-0.25, -0.2) is 0 Å². The first kappa shape index (κ1) is 14.7. The number of allylic oxidation sites excluding steroid dienone is 5. The van der Waals surface area contributed by atoms with E-state index in [1.165, 1.54) is 6.92 Å². The Bertz CT molecular complexity index is 519. The number of hydrogen-bond donors (Lipinski definition) is 0. The van der Waals surface area contributed by atoms with Crippen molar-refractivity contribution in [1.29, 1.82) is 0 Å². The Morgan fingerprint density at radius 3 is 2.47 bits per heavy atom. The number of esters is 1. The smallest absolute Gasteiger partial charge is 0.308 e. The summed E-state index contributed by atoms with van der Waals surface area (Å²) >= 11 is 0. The van der Waals surface area contributed by atoms with Crippen LogP contribution < -0.4 is 0 Å². The molecule has 0 heterocycles. The molecule has 2 heteroatoms. The first-order valence-corrected chi connectivity index (χ1v) is 6.04. The van der Waals surface area contributed by atoms with E-state index in [-0.39, 0.29) is 5.97 Å². The van der Waals surface area contributed by atoms with Crippen LogP contribution in [0.1, 0.15) is 19.4 Å². The third-order valence-corrected chi connectivity index (χ3v) is 2.30. The van der Waals surface area contributed by atoms with Crippen molar-refractivity contribution in [3.05, 3.63) is 78.1 Å². The molecule has 1 aromatic carbocycles. The molecule has 0 N–H and O–H groups in total. The molecule has 0 aliphatic carbocycles. The predicted octanol–water partition coefficient (Wildman–Crippen LogP) is 4.28. The highest BCUT2D eigenvalue weighted by atomic mass is 16.5. The minimum Gasteiger partial charge on any atom is -0.427 e. The maximum absolute atomic E-state index is 11.0. The van der Waals surface area contributed by atoms with Crippen molar-refractivity contribution in [3.8, 4) is 0 Å².